The molecule has 2 rings (SSSR count). The molecule has 0 bridgehead atoms. The summed E-state index contributed by atoms with van der Waals surface area (Å²) in [6, 6.07) is 11.0. The van der Waals surface area contributed by atoms with Crippen molar-refractivity contribution in [2.75, 3.05) is 5.73 Å². The Morgan fingerprint density at radius 1 is 1.21 bits per heavy atom. The Labute approximate surface area is 115 Å². The first kappa shape index (κ1) is 13.2. The first-order chi connectivity index (χ1) is 9.06. The molecule has 0 saturated heterocycles. The number of esters is 1. The monoisotopic (exact) mass is 277 g/mol. The van der Waals surface area contributed by atoms with Gasteiger partial charge in [0.2, 0.25) is 0 Å². The molecule has 0 radical (unpaired) electrons. The second kappa shape index (κ2) is 5.63. The van der Waals surface area contributed by atoms with Crippen LogP contribution in [0.4, 0.5) is 5.69 Å². The summed E-state index contributed by atoms with van der Waals surface area (Å²) < 4.78 is 5.13. The average Bonchev–Trinajstić information content (AvgIpc) is 2.37. The summed E-state index contributed by atoms with van der Waals surface area (Å²) in [5.74, 6) is -0.352. The number of nitrogens with two attached hydrogens (primary N) is 1. The number of rotatable bonds is 3. The highest BCUT2D eigenvalue weighted by molar-refractivity contribution is 6.33. The highest BCUT2D eigenvalue weighted by Crippen LogP contribution is 2.20. The molecule has 0 aromatic heterocycles. The lowest BCUT2D eigenvalue weighted by atomic mass is 10.2. The van der Waals surface area contributed by atoms with Crippen molar-refractivity contribution < 1.29 is 14.6 Å². The van der Waals surface area contributed by atoms with Crippen LogP contribution in [0.1, 0.15) is 15.9 Å². The van der Waals surface area contributed by atoms with Gasteiger partial charge in [-0.25, -0.2) is 4.79 Å². The van der Waals surface area contributed by atoms with Crippen LogP contribution >= 0.6 is 11.6 Å². The molecule has 0 aliphatic rings. The third-order valence-corrected chi connectivity index (χ3v) is 2.83. The fourth-order valence-electron chi connectivity index (χ4n) is 1.52. The predicted molar refractivity (Wildman–Crippen MR) is 73.1 cm³/mol. The van der Waals surface area contributed by atoms with Gasteiger partial charge in [0.05, 0.1) is 10.6 Å². The number of ether oxygens (including phenoxy) is 1. The largest absolute Gasteiger partial charge is 0.508 e. The number of aromatic hydroxyl groups is 1. The molecule has 2 aromatic carbocycles. The number of nitrogen functional groups attached to an aromatic ring is 1. The Morgan fingerprint density at radius 2 is 1.89 bits per heavy atom. The fraction of sp³-hybridized carbons (Fsp3) is 0.0714. The van der Waals surface area contributed by atoms with Crippen molar-refractivity contribution in [1.29, 1.82) is 0 Å². The Kier molecular flexibility index (Phi) is 3.92. The van der Waals surface area contributed by atoms with E-state index in [1.165, 1.54) is 24.3 Å². The van der Waals surface area contributed by atoms with Crippen molar-refractivity contribution in [1.82, 2.24) is 0 Å². The highest BCUT2D eigenvalue weighted by atomic mass is 35.5. The van der Waals surface area contributed by atoms with Gasteiger partial charge in [0.1, 0.15) is 12.4 Å². The molecule has 3 N–H and O–H groups in total. The SMILES string of the molecule is Nc1ccc(C(=O)OCc2ccc(O)cc2)c(Cl)c1. The zero-order valence-electron chi connectivity index (χ0n) is 9.97. The van der Waals surface area contributed by atoms with Gasteiger partial charge in [0.25, 0.3) is 0 Å². The Morgan fingerprint density at radius 3 is 2.53 bits per heavy atom. The lowest BCUT2D eigenvalue weighted by Gasteiger charge is -2.07. The zero-order valence-corrected chi connectivity index (χ0v) is 10.7. The van der Waals surface area contributed by atoms with E-state index >= 15 is 0 Å². The van der Waals surface area contributed by atoms with Crippen molar-refractivity contribution in [3.63, 3.8) is 0 Å². The molecule has 98 valence electrons. The van der Waals surface area contributed by atoms with Gasteiger partial charge in [-0.1, -0.05) is 23.7 Å². The molecule has 4 nitrogen and oxygen atoms in total. The Hall–Kier alpha value is -2.20. The van der Waals surface area contributed by atoms with E-state index in [4.69, 9.17) is 27.2 Å². The maximum Gasteiger partial charge on any atom is 0.339 e. The van der Waals surface area contributed by atoms with Gasteiger partial charge in [-0.2, -0.15) is 0 Å². The number of phenolic OH excluding ortho intramolecular Hbond substituents is 1. The van der Waals surface area contributed by atoms with Crippen LogP contribution in [0.3, 0.4) is 0 Å². The molecular formula is C14H12ClNO3. The molecule has 0 unspecified atom stereocenters. The van der Waals surface area contributed by atoms with Gasteiger partial charge < -0.3 is 15.6 Å². The number of carbonyl (C=O) groups excluding carboxylic acids is 1. The molecule has 5 heteroatoms. The molecule has 0 saturated carbocycles. The smallest absolute Gasteiger partial charge is 0.339 e. The maximum absolute atomic E-state index is 11.8. The van der Waals surface area contributed by atoms with Gasteiger partial charge >= 0.3 is 5.97 Å². The lowest BCUT2D eigenvalue weighted by molar-refractivity contribution is 0.0473. The summed E-state index contributed by atoms with van der Waals surface area (Å²) in [5, 5.41) is 9.40. The molecule has 2 aromatic rings. The number of hydrogen-bond acceptors (Lipinski definition) is 4. The minimum atomic E-state index is -0.516. The Bertz CT molecular complexity index is 596. The molecule has 0 atom stereocenters. The molecule has 0 aliphatic heterocycles. The summed E-state index contributed by atoms with van der Waals surface area (Å²) in [6.07, 6.45) is 0. The minimum Gasteiger partial charge on any atom is -0.508 e. The van der Waals surface area contributed by atoms with E-state index in [-0.39, 0.29) is 22.9 Å². The molecule has 19 heavy (non-hydrogen) atoms. The first-order valence-electron chi connectivity index (χ1n) is 5.56. The first-order valence-corrected chi connectivity index (χ1v) is 5.94. The quantitative estimate of drug-likeness (QED) is 0.668. The van der Waals surface area contributed by atoms with Crippen LogP contribution < -0.4 is 5.73 Å². The van der Waals surface area contributed by atoms with Crippen LogP contribution in [-0.2, 0) is 11.3 Å². The third kappa shape index (κ3) is 3.39. The average molecular weight is 278 g/mol. The van der Waals surface area contributed by atoms with Gasteiger partial charge in [0.15, 0.2) is 0 Å². The van der Waals surface area contributed by atoms with E-state index in [9.17, 15) is 4.79 Å². The second-order valence-corrected chi connectivity index (χ2v) is 4.39. The van der Waals surface area contributed by atoms with Crippen molar-refractivity contribution in [2.45, 2.75) is 6.61 Å². The fourth-order valence-corrected chi connectivity index (χ4v) is 1.78. The highest BCUT2D eigenvalue weighted by Gasteiger charge is 2.12. The van der Waals surface area contributed by atoms with E-state index < -0.39 is 5.97 Å². The van der Waals surface area contributed by atoms with Gasteiger partial charge in [0, 0.05) is 5.69 Å². The zero-order chi connectivity index (χ0) is 13.8. The Balaban J connectivity index is 2.03. The van der Waals surface area contributed by atoms with E-state index in [2.05, 4.69) is 0 Å². The number of benzene rings is 2. The van der Waals surface area contributed by atoms with Crippen LogP contribution in [0.15, 0.2) is 42.5 Å². The lowest BCUT2D eigenvalue weighted by Crippen LogP contribution is -2.06. The third-order valence-electron chi connectivity index (χ3n) is 2.52. The van der Waals surface area contributed by atoms with Crippen molar-refractivity contribution >= 4 is 23.3 Å². The second-order valence-electron chi connectivity index (χ2n) is 3.98. The van der Waals surface area contributed by atoms with Crippen LogP contribution in [-0.4, -0.2) is 11.1 Å². The summed E-state index contributed by atoms with van der Waals surface area (Å²) in [4.78, 5) is 11.8. The number of anilines is 1. The molecule has 0 heterocycles. The number of hydrogen-bond donors (Lipinski definition) is 2. The number of carbonyl (C=O) groups is 1. The number of phenols is 1. The summed E-state index contributed by atoms with van der Waals surface area (Å²) >= 11 is 5.91. The standard InChI is InChI=1S/C14H12ClNO3/c15-13-7-10(16)3-6-12(13)14(18)19-8-9-1-4-11(17)5-2-9/h1-7,17H,8,16H2. The molecular weight excluding hydrogens is 266 g/mol. The maximum atomic E-state index is 11.8. The van der Waals surface area contributed by atoms with Crippen molar-refractivity contribution in [2.24, 2.45) is 0 Å². The van der Waals surface area contributed by atoms with Crippen LogP contribution in [0.25, 0.3) is 0 Å². The molecule has 0 aliphatic carbocycles. The summed E-state index contributed by atoms with van der Waals surface area (Å²) in [5.41, 5.74) is 7.08. The normalized spacial score (nSPS) is 10.2. The van der Waals surface area contributed by atoms with Crippen LogP contribution in [0.5, 0.6) is 5.75 Å². The van der Waals surface area contributed by atoms with Gasteiger partial charge in [-0.15, -0.1) is 0 Å². The molecule has 0 spiro atoms. The van der Waals surface area contributed by atoms with Gasteiger partial charge in [-0.3, -0.25) is 0 Å². The minimum absolute atomic E-state index is 0.111. The summed E-state index contributed by atoms with van der Waals surface area (Å²) in [7, 11) is 0. The molecule has 0 amide bonds. The van der Waals surface area contributed by atoms with Crippen LogP contribution in [0, 0.1) is 0 Å². The predicted octanol–water partition coefficient (Wildman–Crippen LogP) is 2.98. The van der Waals surface area contributed by atoms with Crippen molar-refractivity contribution in [3.8, 4) is 5.75 Å². The summed E-state index contributed by atoms with van der Waals surface area (Å²) in [6.45, 7) is 0.111. The number of halogens is 1. The van der Waals surface area contributed by atoms with E-state index in [1.807, 2.05) is 0 Å². The van der Waals surface area contributed by atoms with E-state index in [1.54, 1.807) is 18.2 Å². The van der Waals surface area contributed by atoms with Crippen molar-refractivity contribution in [3.05, 3.63) is 58.6 Å². The molecule has 0 fully saturated rings. The topological polar surface area (TPSA) is 72.6 Å². The van der Waals surface area contributed by atoms with E-state index in [0.717, 1.165) is 5.56 Å². The van der Waals surface area contributed by atoms with E-state index in [0.29, 0.717) is 5.69 Å². The van der Waals surface area contributed by atoms with Crippen LogP contribution in [0.2, 0.25) is 5.02 Å². The van der Waals surface area contributed by atoms with Gasteiger partial charge in [-0.05, 0) is 35.9 Å².